The number of aromatic nitrogens is 1. The fraction of sp³-hybridized carbons (Fsp3) is 0.333. The molecule has 2 atom stereocenters. The molecule has 1 aromatic heterocycles. The molecule has 1 aliphatic rings. The van der Waals surface area contributed by atoms with Crippen LogP contribution in [0, 0.1) is 0 Å². The van der Waals surface area contributed by atoms with Crippen LogP contribution < -0.4 is 5.32 Å². The number of fused-ring (bicyclic) bond motifs is 1. The number of carbonyl (C=O) groups excluding carboxylic acids is 1. The molecular weight excluding hydrogens is 388 g/mol. The first-order valence-electron chi connectivity index (χ1n) is 8.09. The number of aliphatic hydroxyl groups is 1. The number of carbonyl (C=O) groups is 1. The Morgan fingerprint density at radius 2 is 2.11 bits per heavy atom. The molecule has 4 nitrogen and oxygen atoms in total. The number of nitrogens with one attached hydrogen (secondary N) is 1. The van der Waals surface area contributed by atoms with Gasteiger partial charge in [0.1, 0.15) is 0 Å². The average Bonchev–Trinajstić information content (AvgIpc) is 2.63. The van der Waals surface area contributed by atoms with E-state index in [1.807, 2.05) is 0 Å². The van der Waals surface area contributed by atoms with Crippen molar-refractivity contribution in [3.8, 4) is 0 Å². The minimum Gasteiger partial charge on any atom is -0.387 e. The highest BCUT2D eigenvalue weighted by atomic mass is 35.5. The van der Waals surface area contributed by atoms with Gasteiger partial charge in [-0.25, -0.2) is 4.39 Å². The van der Waals surface area contributed by atoms with Crippen molar-refractivity contribution in [2.24, 2.45) is 0 Å². The molecule has 0 spiro atoms. The van der Waals surface area contributed by atoms with Crippen LogP contribution in [0.2, 0.25) is 5.02 Å². The maximum Gasteiger partial charge on any atom is 0.416 e. The number of alkyl halides is 4. The highest BCUT2D eigenvalue weighted by Crippen LogP contribution is 2.42. The molecule has 0 unspecified atom stereocenters. The second kappa shape index (κ2) is 7.09. The van der Waals surface area contributed by atoms with E-state index in [-0.39, 0.29) is 41.2 Å². The Morgan fingerprint density at radius 1 is 1.37 bits per heavy atom. The maximum atomic E-state index is 15.4. The summed E-state index contributed by atoms with van der Waals surface area (Å²) in [5.74, 6) is -0.959. The molecule has 3 rings (SSSR count). The van der Waals surface area contributed by atoms with Crippen molar-refractivity contribution in [2.75, 3.05) is 0 Å². The molecule has 0 aliphatic heterocycles. The molecule has 1 heterocycles. The van der Waals surface area contributed by atoms with Crippen LogP contribution in [-0.2, 0) is 23.2 Å². The Bertz CT molecular complexity index is 875. The first kappa shape index (κ1) is 19.6. The second-order valence-electron chi connectivity index (χ2n) is 6.28. The Hall–Kier alpha value is -2.19. The zero-order valence-electron chi connectivity index (χ0n) is 13.9. The molecule has 0 fully saturated rings. The van der Waals surface area contributed by atoms with Gasteiger partial charge in [0, 0.05) is 23.3 Å². The summed E-state index contributed by atoms with van der Waals surface area (Å²) in [6.07, 6.45) is -4.31. The number of rotatable bonds is 3. The van der Waals surface area contributed by atoms with E-state index in [1.165, 1.54) is 18.3 Å². The monoisotopic (exact) mass is 402 g/mol. The van der Waals surface area contributed by atoms with Crippen molar-refractivity contribution in [2.45, 2.75) is 37.3 Å². The molecule has 0 saturated carbocycles. The van der Waals surface area contributed by atoms with E-state index in [2.05, 4.69) is 10.3 Å². The zero-order chi connectivity index (χ0) is 19.8. The summed E-state index contributed by atoms with van der Waals surface area (Å²) >= 11 is 5.85. The van der Waals surface area contributed by atoms with E-state index in [1.54, 1.807) is 0 Å². The van der Waals surface area contributed by atoms with Gasteiger partial charge in [-0.2, -0.15) is 13.2 Å². The zero-order valence-corrected chi connectivity index (χ0v) is 14.6. The molecule has 0 bridgehead atoms. The summed E-state index contributed by atoms with van der Waals surface area (Å²) < 4.78 is 53.4. The quantitative estimate of drug-likeness (QED) is 0.761. The Labute approximate surface area is 157 Å². The highest BCUT2D eigenvalue weighted by Gasteiger charge is 2.46. The van der Waals surface area contributed by atoms with Crippen LogP contribution in [0.1, 0.15) is 41.3 Å². The topological polar surface area (TPSA) is 62.2 Å². The lowest BCUT2D eigenvalue weighted by molar-refractivity contribution is -0.138. The second-order valence-corrected chi connectivity index (χ2v) is 6.69. The first-order chi connectivity index (χ1) is 12.6. The van der Waals surface area contributed by atoms with E-state index in [9.17, 15) is 23.1 Å². The van der Waals surface area contributed by atoms with E-state index in [0.717, 1.165) is 18.2 Å². The third-order valence-corrected chi connectivity index (χ3v) is 4.87. The van der Waals surface area contributed by atoms with E-state index in [4.69, 9.17) is 11.6 Å². The number of hydrogen-bond donors (Lipinski definition) is 2. The van der Waals surface area contributed by atoms with Crippen molar-refractivity contribution >= 4 is 17.5 Å². The van der Waals surface area contributed by atoms with E-state index in [0.29, 0.717) is 0 Å². The van der Waals surface area contributed by atoms with Gasteiger partial charge in [-0.15, -0.1) is 0 Å². The lowest BCUT2D eigenvalue weighted by atomic mass is 9.81. The van der Waals surface area contributed by atoms with Crippen LogP contribution in [0.15, 0.2) is 36.5 Å². The van der Waals surface area contributed by atoms with Crippen LogP contribution in [-0.4, -0.2) is 16.0 Å². The van der Waals surface area contributed by atoms with Gasteiger partial charge in [0.15, 0.2) is 0 Å². The van der Waals surface area contributed by atoms with Crippen molar-refractivity contribution in [3.05, 3.63) is 63.9 Å². The van der Waals surface area contributed by atoms with Crippen LogP contribution >= 0.6 is 11.6 Å². The van der Waals surface area contributed by atoms with Crippen LogP contribution in [0.5, 0.6) is 0 Å². The SMILES string of the molecule is O=C(NCc1ccc(C(F)(F)F)cc1Cl)[C@]1(F)CC[C@H](O)c2ncccc21. The Morgan fingerprint density at radius 3 is 2.78 bits per heavy atom. The number of benzene rings is 1. The van der Waals surface area contributed by atoms with Crippen LogP contribution in [0.3, 0.4) is 0 Å². The third kappa shape index (κ3) is 3.77. The van der Waals surface area contributed by atoms with Crippen molar-refractivity contribution < 1.29 is 27.5 Å². The summed E-state index contributed by atoms with van der Waals surface area (Å²) in [6, 6.07) is 5.58. The van der Waals surface area contributed by atoms with Crippen LogP contribution in [0.25, 0.3) is 0 Å². The minimum absolute atomic E-state index is 0.0141. The average molecular weight is 403 g/mol. The molecular formula is C18H15ClF4N2O2. The lowest BCUT2D eigenvalue weighted by Crippen LogP contribution is -2.44. The number of amides is 1. The van der Waals surface area contributed by atoms with Crippen molar-refractivity contribution in [1.29, 1.82) is 0 Å². The first-order valence-corrected chi connectivity index (χ1v) is 8.47. The Balaban J connectivity index is 1.78. The molecule has 1 amide bonds. The van der Waals surface area contributed by atoms with Gasteiger partial charge < -0.3 is 10.4 Å². The summed E-state index contributed by atoms with van der Waals surface area (Å²) in [6.45, 7) is -0.236. The highest BCUT2D eigenvalue weighted by molar-refractivity contribution is 6.31. The molecule has 0 saturated heterocycles. The maximum absolute atomic E-state index is 15.4. The number of hydrogen-bond acceptors (Lipinski definition) is 3. The van der Waals surface area contributed by atoms with Gasteiger partial charge in [0.25, 0.3) is 5.91 Å². The number of halogens is 5. The normalized spacial score (nSPS) is 22.2. The summed E-state index contributed by atoms with van der Waals surface area (Å²) in [4.78, 5) is 16.4. The van der Waals surface area contributed by atoms with Gasteiger partial charge in [-0.1, -0.05) is 23.7 Å². The standard InChI is InChI=1S/C18H15ClF4N2O2/c19-13-8-11(18(21,22)23)4-3-10(13)9-25-16(27)17(20)6-5-14(26)15-12(17)2-1-7-24-15/h1-4,7-8,14,26H,5-6,9H2,(H,25,27)/t14-,17-/m0/s1. The summed E-state index contributed by atoms with van der Waals surface area (Å²) in [5.41, 5.74) is -2.98. The molecule has 0 radical (unpaired) electrons. The van der Waals surface area contributed by atoms with Gasteiger partial charge in [0.2, 0.25) is 5.67 Å². The van der Waals surface area contributed by atoms with Gasteiger partial charge in [-0.05, 0) is 36.6 Å². The molecule has 144 valence electrons. The van der Waals surface area contributed by atoms with E-state index >= 15 is 4.39 Å². The smallest absolute Gasteiger partial charge is 0.387 e. The molecule has 2 aromatic rings. The largest absolute Gasteiger partial charge is 0.416 e. The molecule has 2 N–H and O–H groups in total. The van der Waals surface area contributed by atoms with Gasteiger partial charge in [-0.3, -0.25) is 9.78 Å². The minimum atomic E-state index is -4.53. The third-order valence-electron chi connectivity index (χ3n) is 4.52. The lowest BCUT2D eigenvalue weighted by Gasteiger charge is -2.32. The molecule has 1 aromatic carbocycles. The predicted molar refractivity (Wildman–Crippen MR) is 89.5 cm³/mol. The molecule has 9 heteroatoms. The summed E-state index contributed by atoms with van der Waals surface area (Å²) in [5, 5.41) is 12.1. The fourth-order valence-electron chi connectivity index (χ4n) is 3.04. The van der Waals surface area contributed by atoms with E-state index < -0.39 is 29.4 Å². The molecule has 1 aliphatic carbocycles. The number of pyridine rings is 1. The number of nitrogens with zero attached hydrogens (tertiary/aromatic N) is 1. The van der Waals surface area contributed by atoms with Gasteiger partial charge >= 0.3 is 6.18 Å². The molecule has 27 heavy (non-hydrogen) atoms. The van der Waals surface area contributed by atoms with Crippen LogP contribution in [0.4, 0.5) is 17.6 Å². The van der Waals surface area contributed by atoms with Crippen molar-refractivity contribution in [3.63, 3.8) is 0 Å². The Kier molecular flexibility index (Phi) is 5.14. The fourth-order valence-corrected chi connectivity index (χ4v) is 3.29. The van der Waals surface area contributed by atoms with Gasteiger partial charge in [0.05, 0.1) is 17.4 Å². The predicted octanol–water partition coefficient (Wildman–Crippen LogP) is 4.06. The number of aliphatic hydroxyl groups excluding tert-OH is 1. The summed E-state index contributed by atoms with van der Waals surface area (Å²) in [7, 11) is 0. The van der Waals surface area contributed by atoms with Crippen molar-refractivity contribution in [1.82, 2.24) is 10.3 Å².